The fourth-order valence-electron chi connectivity index (χ4n) is 3.99. The Kier molecular flexibility index (Phi) is 6.39. The molecule has 0 radical (unpaired) electrons. The van der Waals surface area contributed by atoms with E-state index < -0.39 is 17.0 Å². The second kappa shape index (κ2) is 9.29. The number of aliphatic imine (C=N–C) groups is 1. The monoisotopic (exact) mass is 471 g/mol. The molecule has 178 valence electrons. The zero-order chi connectivity index (χ0) is 25.3. The molecule has 1 aliphatic heterocycles. The zero-order valence-corrected chi connectivity index (χ0v) is 20.0. The Balaban J connectivity index is 1.65. The molecular weight excluding hydrogens is 444 g/mol. The minimum Gasteiger partial charge on any atom is -0.359 e. The molecular formula is C29H27F2N3O. The summed E-state index contributed by atoms with van der Waals surface area (Å²) in [6.45, 7) is 13.9. The standard InChI is InChI=1S/C29H27F2N3O/c1-17(2)33-25-14-11-20(27-28(35)29(4,5)16-32-27)15-22(25)19-9-12-21(13-10-19)34-18(3)26-23(30)7-6-8-24(26)31/h6-15,33-34H,1,3,16H2,2,4-5H3. The van der Waals surface area contributed by atoms with Gasteiger partial charge in [-0.2, -0.15) is 0 Å². The van der Waals surface area contributed by atoms with Crippen LogP contribution in [0.5, 0.6) is 0 Å². The van der Waals surface area contributed by atoms with Crippen LogP contribution >= 0.6 is 0 Å². The van der Waals surface area contributed by atoms with Crippen LogP contribution in [-0.2, 0) is 4.79 Å². The Morgan fingerprint density at radius 2 is 1.57 bits per heavy atom. The first-order valence-electron chi connectivity index (χ1n) is 11.2. The van der Waals surface area contributed by atoms with Crippen molar-refractivity contribution in [2.75, 3.05) is 17.2 Å². The van der Waals surface area contributed by atoms with Gasteiger partial charge in [0.2, 0.25) is 0 Å². The van der Waals surface area contributed by atoms with Crippen molar-refractivity contribution in [2.45, 2.75) is 20.8 Å². The SMILES string of the molecule is C=C(C)Nc1ccc(C2=NCC(C)(C)C2=O)cc1-c1ccc(NC(=C)c2c(F)cccc2F)cc1. The molecule has 0 spiro atoms. The number of halogens is 2. The molecule has 35 heavy (non-hydrogen) atoms. The summed E-state index contributed by atoms with van der Waals surface area (Å²) in [5.74, 6) is -1.33. The maximum atomic E-state index is 14.1. The fraction of sp³-hybridized carbons (Fsp3) is 0.172. The third-order valence-electron chi connectivity index (χ3n) is 5.86. The number of anilines is 2. The highest BCUT2D eigenvalue weighted by Crippen LogP contribution is 2.34. The average molecular weight is 472 g/mol. The van der Waals surface area contributed by atoms with Gasteiger partial charge in [0.1, 0.15) is 17.3 Å². The third kappa shape index (κ3) is 4.92. The lowest BCUT2D eigenvalue weighted by Crippen LogP contribution is -2.27. The molecule has 1 heterocycles. The van der Waals surface area contributed by atoms with E-state index in [1.165, 1.54) is 18.2 Å². The second-order valence-electron chi connectivity index (χ2n) is 9.32. The molecule has 0 saturated heterocycles. The normalized spacial score (nSPS) is 14.4. The number of carbonyl (C=O) groups is 1. The molecule has 0 atom stereocenters. The Labute approximate surface area is 204 Å². The van der Waals surface area contributed by atoms with Gasteiger partial charge in [0.05, 0.1) is 12.1 Å². The number of nitrogens with one attached hydrogen (secondary N) is 2. The Morgan fingerprint density at radius 3 is 2.14 bits per heavy atom. The zero-order valence-electron chi connectivity index (χ0n) is 20.0. The van der Waals surface area contributed by atoms with Crippen LogP contribution in [0.15, 0.2) is 84.5 Å². The van der Waals surface area contributed by atoms with Crippen LogP contribution in [0.25, 0.3) is 16.8 Å². The molecule has 4 rings (SSSR count). The molecule has 6 heteroatoms. The molecule has 0 fully saturated rings. The lowest BCUT2D eigenvalue weighted by atomic mass is 9.86. The summed E-state index contributed by atoms with van der Waals surface area (Å²) >= 11 is 0. The highest BCUT2D eigenvalue weighted by molar-refractivity contribution is 6.49. The van der Waals surface area contributed by atoms with Crippen LogP contribution in [0.1, 0.15) is 31.9 Å². The molecule has 0 unspecified atom stereocenters. The topological polar surface area (TPSA) is 53.5 Å². The first-order valence-corrected chi connectivity index (χ1v) is 11.2. The molecule has 0 amide bonds. The van der Waals surface area contributed by atoms with E-state index in [2.05, 4.69) is 28.8 Å². The highest BCUT2D eigenvalue weighted by atomic mass is 19.1. The van der Waals surface area contributed by atoms with Crippen molar-refractivity contribution in [3.63, 3.8) is 0 Å². The molecule has 3 aromatic rings. The molecule has 0 bridgehead atoms. The quantitative estimate of drug-likeness (QED) is 0.388. The van der Waals surface area contributed by atoms with Gasteiger partial charge in [-0.05, 0) is 48.9 Å². The Bertz CT molecular complexity index is 1350. The maximum Gasteiger partial charge on any atom is 0.188 e. The van der Waals surface area contributed by atoms with Gasteiger partial charge in [-0.1, -0.05) is 51.3 Å². The number of benzene rings is 3. The van der Waals surface area contributed by atoms with E-state index in [1.807, 2.05) is 51.1 Å². The number of allylic oxidation sites excluding steroid dienone is 1. The van der Waals surface area contributed by atoms with Crippen molar-refractivity contribution in [3.8, 4) is 11.1 Å². The summed E-state index contributed by atoms with van der Waals surface area (Å²) in [6.07, 6.45) is 0. The van der Waals surface area contributed by atoms with Crippen molar-refractivity contribution in [3.05, 3.63) is 102 Å². The average Bonchev–Trinajstić information content (AvgIpc) is 3.07. The minimum absolute atomic E-state index is 0.0301. The van der Waals surface area contributed by atoms with Gasteiger partial charge in [0, 0.05) is 39.3 Å². The first-order chi connectivity index (χ1) is 16.6. The van der Waals surface area contributed by atoms with E-state index in [4.69, 9.17) is 0 Å². The molecule has 0 saturated carbocycles. The number of rotatable bonds is 7. The van der Waals surface area contributed by atoms with Crippen LogP contribution in [0.2, 0.25) is 0 Å². The van der Waals surface area contributed by atoms with E-state index in [1.54, 1.807) is 12.1 Å². The predicted octanol–water partition coefficient (Wildman–Crippen LogP) is 7.06. The van der Waals surface area contributed by atoms with Crippen molar-refractivity contribution in [1.82, 2.24) is 0 Å². The summed E-state index contributed by atoms with van der Waals surface area (Å²) in [7, 11) is 0. The smallest absolute Gasteiger partial charge is 0.188 e. The van der Waals surface area contributed by atoms with Gasteiger partial charge < -0.3 is 10.6 Å². The van der Waals surface area contributed by atoms with Crippen molar-refractivity contribution in [2.24, 2.45) is 10.4 Å². The lowest BCUT2D eigenvalue weighted by molar-refractivity contribution is -0.118. The number of carbonyl (C=O) groups excluding carboxylic acids is 1. The van der Waals surface area contributed by atoms with Gasteiger partial charge >= 0.3 is 0 Å². The largest absolute Gasteiger partial charge is 0.359 e. The summed E-state index contributed by atoms with van der Waals surface area (Å²) < 4.78 is 28.2. The van der Waals surface area contributed by atoms with Gasteiger partial charge in [-0.25, -0.2) is 8.78 Å². The minimum atomic E-state index is -0.681. The van der Waals surface area contributed by atoms with E-state index in [0.717, 1.165) is 28.1 Å². The molecule has 2 N–H and O–H groups in total. The number of hydrogen-bond donors (Lipinski definition) is 2. The number of ketones is 1. The summed E-state index contributed by atoms with van der Waals surface area (Å²) in [5.41, 5.74) is 4.67. The highest BCUT2D eigenvalue weighted by Gasteiger charge is 2.37. The summed E-state index contributed by atoms with van der Waals surface area (Å²) in [6, 6.07) is 16.8. The molecule has 0 aromatic heterocycles. The van der Waals surface area contributed by atoms with E-state index >= 15 is 0 Å². The number of nitrogens with zero attached hydrogens (tertiary/aromatic N) is 1. The van der Waals surface area contributed by atoms with E-state index in [9.17, 15) is 13.6 Å². The predicted molar refractivity (Wildman–Crippen MR) is 140 cm³/mol. The lowest BCUT2D eigenvalue weighted by Gasteiger charge is -2.16. The third-order valence-corrected chi connectivity index (χ3v) is 5.86. The second-order valence-corrected chi connectivity index (χ2v) is 9.32. The van der Waals surface area contributed by atoms with Crippen LogP contribution in [0, 0.1) is 17.0 Å². The van der Waals surface area contributed by atoms with E-state index in [0.29, 0.717) is 17.9 Å². The van der Waals surface area contributed by atoms with Gasteiger partial charge in [0.25, 0.3) is 0 Å². The Hall–Kier alpha value is -4.06. The summed E-state index contributed by atoms with van der Waals surface area (Å²) in [5, 5.41) is 6.23. The van der Waals surface area contributed by atoms with Crippen LogP contribution in [0.3, 0.4) is 0 Å². The van der Waals surface area contributed by atoms with E-state index in [-0.39, 0.29) is 17.0 Å². The van der Waals surface area contributed by atoms with Crippen LogP contribution < -0.4 is 10.6 Å². The molecule has 4 nitrogen and oxygen atoms in total. The van der Waals surface area contributed by atoms with Crippen molar-refractivity contribution < 1.29 is 13.6 Å². The molecule has 1 aliphatic rings. The van der Waals surface area contributed by atoms with Gasteiger partial charge in [0.15, 0.2) is 5.78 Å². The number of Topliss-reactive ketones (excluding diaryl/α,β-unsaturated/α-hetero) is 1. The van der Waals surface area contributed by atoms with Crippen molar-refractivity contribution >= 4 is 28.6 Å². The summed E-state index contributed by atoms with van der Waals surface area (Å²) in [4.78, 5) is 17.3. The maximum absolute atomic E-state index is 14.1. The van der Waals surface area contributed by atoms with Crippen LogP contribution in [-0.4, -0.2) is 18.0 Å². The first kappa shape index (κ1) is 24.1. The molecule has 0 aliphatic carbocycles. The van der Waals surface area contributed by atoms with Gasteiger partial charge in [-0.3, -0.25) is 9.79 Å². The number of hydrogen-bond acceptors (Lipinski definition) is 4. The van der Waals surface area contributed by atoms with Crippen molar-refractivity contribution in [1.29, 1.82) is 0 Å². The van der Waals surface area contributed by atoms with Crippen LogP contribution in [0.4, 0.5) is 20.2 Å². The van der Waals surface area contributed by atoms with Gasteiger partial charge in [-0.15, -0.1) is 0 Å². The Morgan fingerprint density at radius 1 is 0.943 bits per heavy atom. The molecule has 3 aromatic carbocycles. The fourth-order valence-corrected chi connectivity index (χ4v) is 3.99.